The number of hydrogen-bond donors (Lipinski definition) is 1. The van der Waals surface area contributed by atoms with E-state index in [4.69, 9.17) is 4.74 Å². The largest absolute Gasteiger partial charge is 0.392 e. The standard InChI is InChI=1S/C18H16F3NO4S/c1-26-18-11(10-23)9-22(17(18)15-6-5-13(20)8-16(15)21)27(24,25)14-4-2-3-12(19)7-14/h2-9,17-18,23H,10H2,1H3. The summed E-state index contributed by atoms with van der Waals surface area (Å²) in [5.41, 5.74) is 0.0501. The molecule has 0 saturated carbocycles. The zero-order chi connectivity index (χ0) is 19.8. The van der Waals surface area contributed by atoms with Crippen molar-refractivity contribution in [2.75, 3.05) is 13.7 Å². The Labute approximate surface area is 154 Å². The van der Waals surface area contributed by atoms with Crippen LogP contribution in [0.15, 0.2) is 59.1 Å². The predicted octanol–water partition coefficient (Wildman–Crippen LogP) is 2.74. The Morgan fingerprint density at radius 2 is 1.81 bits per heavy atom. The molecule has 2 atom stereocenters. The second-order valence-electron chi connectivity index (χ2n) is 5.92. The molecule has 0 amide bonds. The second-order valence-corrected chi connectivity index (χ2v) is 7.76. The Hall–Kier alpha value is -2.36. The van der Waals surface area contributed by atoms with Crippen LogP contribution >= 0.6 is 0 Å². The van der Waals surface area contributed by atoms with Gasteiger partial charge in [0, 0.05) is 30.5 Å². The summed E-state index contributed by atoms with van der Waals surface area (Å²) < 4.78 is 73.4. The van der Waals surface area contributed by atoms with E-state index in [-0.39, 0.29) is 16.0 Å². The molecule has 0 fully saturated rings. The fourth-order valence-corrected chi connectivity index (χ4v) is 4.63. The molecule has 0 aromatic heterocycles. The lowest BCUT2D eigenvalue weighted by molar-refractivity contribution is 0.0855. The molecule has 2 unspecified atom stereocenters. The van der Waals surface area contributed by atoms with E-state index in [1.54, 1.807) is 0 Å². The summed E-state index contributed by atoms with van der Waals surface area (Å²) in [4.78, 5) is -0.347. The molecule has 0 aliphatic carbocycles. The van der Waals surface area contributed by atoms with Crippen molar-refractivity contribution in [2.24, 2.45) is 0 Å². The van der Waals surface area contributed by atoms with Crippen LogP contribution in [-0.4, -0.2) is 37.7 Å². The van der Waals surface area contributed by atoms with Gasteiger partial charge in [0.1, 0.15) is 29.6 Å². The van der Waals surface area contributed by atoms with Crippen LogP contribution in [-0.2, 0) is 14.8 Å². The van der Waals surface area contributed by atoms with E-state index >= 15 is 0 Å². The lowest BCUT2D eigenvalue weighted by atomic mass is 9.99. The summed E-state index contributed by atoms with van der Waals surface area (Å²) in [5, 5.41) is 9.56. The lowest BCUT2D eigenvalue weighted by Gasteiger charge is -2.29. The van der Waals surface area contributed by atoms with E-state index in [9.17, 15) is 26.7 Å². The van der Waals surface area contributed by atoms with Crippen molar-refractivity contribution in [1.29, 1.82) is 0 Å². The van der Waals surface area contributed by atoms with E-state index in [0.29, 0.717) is 6.07 Å². The van der Waals surface area contributed by atoms with Gasteiger partial charge in [-0.15, -0.1) is 0 Å². The van der Waals surface area contributed by atoms with E-state index in [1.165, 1.54) is 19.2 Å². The minimum atomic E-state index is -4.31. The molecule has 1 heterocycles. The molecule has 1 aliphatic rings. The molecular weight excluding hydrogens is 383 g/mol. The number of halogens is 3. The highest BCUT2D eigenvalue weighted by Gasteiger charge is 2.43. The van der Waals surface area contributed by atoms with Crippen molar-refractivity contribution in [1.82, 2.24) is 4.31 Å². The maximum absolute atomic E-state index is 14.4. The Morgan fingerprint density at radius 1 is 1.11 bits per heavy atom. The molecule has 5 nitrogen and oxygen atoms in total. The topological polar surface area (TPSA) is 66.8 Å². The molecule has 3 rings (SSSR count). The normalized spacial score (nSPS) is 20.0. The van der Waals surface area contributed by atoms with Crippen LogP contribution < -0.4 is 0 Å². The molecule has 0 spiro atoms. The van der Waals surface area contributed by atoms with Crippen molar-refractivity contribution >= 4 is 10.0 Å². The molecule has 1 N–H and O–H groups in total. The molecule has 144 valence electrons. The van der Waals surface area contributed by atoms with Crippen LogP contribution in [0.3, 0.4) is 0 Å². The van der Waals surface area contributed by atoms with Gasteiger partial charge in [0.25, 0.3) is 10.0 Å². The molecule has 9 heteroatoms. The van der Waals surface area contributed by atoms with Crippen LogP contribution in [0.4, 0.5) is 13.2 Å². The first-order chi connectivity index (χ1) is 12.8. The second kappa shape index (κ2) is 7.34. The molecule has 2 aromatic carbocycles. The maximum atomic E-state index is 14.4. The summed E-state index contributed by atoms with van der Waals surface area (Å²) in [6, 6.07) is 5.86. The van der Waals surface area contributed by atoms with Gasteiger partial charge in [0.05, 0.1) is 11.5 Å². The van der Waals surface area contributed by atoms with Crippen LogP contribution in [0.1, 0.15) is 11.6 Å². The van der Waals surface area contributed by atoms with Gasteiger partial charge in [-0.2, -0.15) is 0 Å². The quantitative estimate of drug-likeness (QED) is 0.840. The van der Waals surface area contributed by atoms with E-state index in [0.717, 1.165) is 34.8 Å². The fourth-order valence-electron chi connectivity index (χ4n) is 3.07. The number of nitrogens with zero attached hydrogens (tertiary/aromatic N) is 1. The van der Waals surface area contributed by atoms with Gasteiger partial charge in [-0.3, -0.25) is 4.31 Å². The van der Waals surface area contributed by atoms with Gasteiger partial charge in [0.15, 0.2) is 0 Å². The summed E-state index contributed by atoms with van der Waals surface area (Å²) in [6.45, 7) is -0.535. The van der Waals surface area contributed by atoms with E-state index in [1.807, 2.05) is 0 Å². The number of sulfonamides is 1. The lowest BCUT2D eigenvalue weighted by Crippen LogP contribution is -2.34. The zero-order valence-corrected chi connectivity index (χ0v) is 15.0. The smallest absolute Gasteiger partial charge is 0.264 e. The third kappa shape index (κ3) is 3.45. The average Bonchev–Trinajstić information content (AvgIpc) is 3.01. The SMILES string of the molecule is COC1C(CO)=CN(S(=O)(=O)c2cccc(F)c2)C1c1ccc(F)cc1F. The first kappa shape index (κ1) is 19.4. The molecule has 0 bridgehead atoms. The Kier molecular flexibility index (Phi) is 5.27. The van der Waals surface area contributed by atoms with Crippen molar-refractivity contribution in [2.45, 2.75) is 17.0 Å². The molecular formula is C18H16F3NO4S. The molecule has 27 heavy (non-hydrogen) atoms. The molecule has 1 aliphatic heterocycles. The molecule has 2 aromatic rings. The minimum Gasteiger partial charge on any atom is -0.392 e. The number of rotatable bonds is 5. The van der Waals surface area contributed by atoms with Crippen molar-refractivity contribution in [3.05, 3.63) is 77.3 Å². The molecule has 0 radical (unpaired) electrons. The average molecular weight is 399 g/mol. The Morgan fingerprint density at radius 3 is 2.41 bits per heavy atom. The highest BCUT2D eigenvalue weighted by Crippen LogP contribution is 2.41. The number of ether oxygens (including phenoxy) is 1. The molecule has 0 saturated heterocycles. The zero-order valence-electron chi connectivity index (χ0n) is 14.1. The number of benzene rings is 2. The number of aliphatic hydroxyl groups is 1. The van der Waals surface area contributed by atoms with E-state index in [2.05, 4.69) is 0 Å². The van der Waals surface area contributed by atoms with Gasteiger partial charge >= 0.3 is 0 Å². The van der Waals surface area contributed by atoms with Gasteiger partial charge in [-0.25, -0.2) is 21.6 Å². The Balaban J connectivity index is 2.17. The summed E-state index contributed by atoms with van der Waals surface area (Å²) in [5.74, 6) is -2.54. The van der Waals surface area contributed by atoms with Crippen molar-refractivity contribution in [3.63, 3.8) is 0 Å². The first-order valence-electron chi connectivity index (χ1n) is 7.88. The Bertz CT molecular complexity index is 994. The van der Waals surface area contributed by atoms with Crippen molar-refractivity contribution in [3.8, 4) is 0 Å². The third-order valence-electron chi connectivity index (χ3n) is 4.31. The first-order valence-corrected chi connectivity index (χ1v) is 9.32. The van der Waals surface area contributed by atoms with Crippen LogP contribution in [0.25, 0.3) is 0 Å². The number of aliphatic hydroxyl groups excluding tert-OH is 1. The van der Waals surface area contributed by atoms with Crippen molar-refractivity contribution < 1.29 is 31.4 Å². The van der Waals surface area contributed by atoms with Gasteiger partial charge in [-0.1, -0.05) is 12.1 Å². The monoisotopic (exact) mass is 399 g/mol. The van der Waals surface area contributed by atoms with Gasteiger partial charge < -0.3 is 9.84 Å². The van der Waals surface area contributed by atoms with Gasteiger partial charge in [0.2, 0.25) is 0 Å². The van der Waals surface area contributed by atoms with E-state index < -0.39 is 46.2 Å². The fraction of sp³-hybridized carbons (Fsp3) is 0.222. The van der Waals surface area contributed by atoms with Crippen LogP contribution in [0.2, 0.25) is 0 Å². The summed E-state index contributed by atoms with van der Waals surface area (Å²) in [6.07, 6.45) is 0.125. The van der Waals surface area contributed by atoms with Crippen LogP contribution in [0.5, 0.6) is 0 Å². The highest BCUT2D eigenvalue weighted by molar-refractivity contribution is 7.89. The number of hydrogen-bond acceptors (Lipinski definition) is 4. The minimum absolute atomic E-state index is 0.136. The summed E-state index contributed by atoms with van der Waals surface area (Å²) >= 11 is 0. The highest BCUT2D eigenvalue weighted by atomic mass is 32.2. The number of methoxy groups -OCH3 is 1. The maximum Gasteiger partial charge on any atom is 0.264 e. The van der Waals surface area contributed by atoms with Gasteiger partial charge in [-0.05, 0) is 24.3 Å². The summed E-state index contributed by atoms with van der Waals surface area (Å²) in [7, 11) is -3.03. The third-order valence-corrected chi connectivity index (χ3v) is 6.05. The predicted molar refractivity (Wildman–Crippen MR) is 90.5 cm³/mol. The van der Waals surface area contributed by atoms with Crippen LogP contribution in [0, 0.1) is 17.5 Å².